The molecule has 20 heavy (non-hydrogen) atoms. The highest BCUT2D eigenvalue weighted by Gasteiger charge is 2.11. The van der Waals surface area contributed by atoms with Crippen molar-refractivity contribution in [2.45, 2.75) is 6.92 Å². The quantitative estimate of drug-likeness (QED) is 0.631. The number of nitrogens with one attached hydrogen (secondary N) is 1. The zero-order valence-corrected chi connectivity index (χ0v) is 12.9. The largest absolute Gasteiger partial charge is 0.375 e. The lowest BCUT2D eigenvalue weighted by Gasteiger charge is -2.04. The molecular weight excluding hydrogens is 292 g/mol. The first kappa shape index (κ1) is 14.9. The van der Waals surface area contributed by atoms with Crippen molar-refractivity contribution >= 4 is 28.6 Å². The Kier molecular flexibility index (Phi) is 5.46. The number of amides is 1. The summed E-state index contributed by atoms with van der Waals surface area (Å²) in [5, 5.41) is 7.44. The Morgan fingerprint density at radius 3 is 3.05 bits per heavy atom. The number of nitrogens with zero attached hydrogens (tertiary/aromatic N) is 1. The van der Waals surface area contributed by atoms with E-state index >= 15 is 0 Å². The molecule has 0 aliphatic rings. The topological polar surface area (TPSA) is 51.2 Å². The molecule has 0 radical (unpaired) electrons. The summed E-state index contributed by atoms with van der Waals surface area (Å²) < 4.78 is 5.32. The molecular formula is C14H16N2O2S2. The molecule has 0 bridgehead atoms. The van der Waals surface area contributed by atoms with Gasteiger partial charge in [0.1, 0.15) is 10.7 Å². The van der Waals surface area contributed by atoms with Gasteiger partial charge in [-0.25, -0.2) is 4.98 Å². The summed E-state index contributed by atoms with van der Waals surface area (Å²) in [6, 6.07) is 3.97. The molecule has 0 aromatic carbocycles. The van der Waals surface area contributed by atoms with Crippen molar-refractivity contribution < 1.29 is 9.53 Å². The molecule has 1 amide bonds. The van der Waals surface area contributed by atoms with Crippen LogP contribution < -0.4 is 5.32 Å². The maximum atomic E-state index is 11.9. The third kappa shape index (κ3) is 4.26. The maximum Gasteiger partial charge on any atom is 0.270 e. The highest BCUT2D eigenvalue weighted by atomic mass is 32.1. The van der Waals surface area contributed by atoms with Crippen molar-refractivity contribution in [1.82, 2.24) is 10.3 Å². The van der Waals surface area contributed by atoms with Crippen LogP contribution in [0.2, 0.25) is 0 Å². The van der Waals surface area contributed by atoms with Crippen LogP contribution in [-0.4, -0.2) is 30.6 Å². The summed E-state index contributed by atoms with van der Waals surface area (Å²) >= 11 is 3.10. The van der Waals surface area contributed by atoms with E-state index in [1.54, 1.807) is 16.7 Å². The normalized spacial score (nSPS) is 10.4. The molecule has 0 atom stereocenters. The molecule has 0 unspecified atom stereocenters. The Labute approximate surface area is 126 Å². The predicted molar refractivity (Wildman–Crippen MR) is 83.4 cm³/mol. The number of ether oxygens (including phenoxy) is 1. The highest BCUT2D eigenvalue weighted by Crippen LogP contribution is 2.27. The minimum absolute atomic E-state index is 0.164. The zero-order valence-electron chi connectivity index (χ0n) is 11.2. The summed E-state index contributed by atoms with van der Waals surface area (Å²) in [6.45, 7) is 7.11. The van der Waals surface area contributed by atoms with Crippen molar-refractivity contribution in [3.8, 4) is 9.88 Å². The van der Waals surface area contributed by atoms with Gasteiger partial charge in [0.2, 0.25) is 0 Å². The third-order valence-corrected chi connectivity index (χ3v) is 4.23. The van der Waals surface area contributed by atoms with Crippen LogP contribution in [0.25, 0.3) is 9.88 Å². The summed E-state index contributed by atoms with van der Waals surface area (Å²) in [7, 11) is 0. The molecule has 0 aliphatic heterocycles. The first-order chi connectivity index (χ1) is 9.66. The highest BCUT2D eigenvalue weighted by molar-refractivity contribution is 7.20. The summed E-state index contributed by atoms with van der Waals surface area (Å²) in [5.74, 6) is -0.164. The minimum atomic E-state index is -0.164. The van der Waals surface area contributed by atoms with E-state index in [2.05, 4.69) is 16.9 Å². The number of carbonyl (C=O) groups excluding carboxylic acids is 1. The Bertz CT molecular complexity index is 576. The van der Waals surface area contributed by atoms with E-state index in [4.69, 9.17) is 4.74 Å². The molecule has 2 heterocycles. The van der Waals surface area contributed by atoms with E-state index in [-0.39, 0.29) is 5.91 Å². The molecule has 0 spiro atoms. The van der Waals surface area contributed by atoms with Gasteiger partial charge in [-0.05, 0) is 18.4 Å². The molecule has 1 N–H and O–H groups in total. The number of thiophene rings is 1. The van der Waals surface area contributed by atoms with Crippen LogP contribution in [0, 0.1) is 0 Å². The summed E-state index contributed by atoms with van der Waals surface area (Å²) in [6.07, 6.45) is 0. The second-order valence-electron chi connectivity index (χ2n) is 4.28. The standard InChI is InChI=1S/C14H16N2O2S2/c1-10(2)8-18-6-5-15-13(17)11-9-20-14(16-11)12-4-3-7-19-12/h3-4,7,9H,1,5-6,8H2,2H3,(H,15,17). The smallest absolute Gasteiger partial charge is 0.270 e. The van der Waals surface area contributed by atoms with E-state index in [9.17, 15) is 4.79 Å². The van der Waals surface area contributed by atoms with Gasteiger partial charge in [-0.3, -0.25) is 4.79 Å². The fraction of sp³-hybridized carbons (Fsp3) is 0.286. The van der Waals surface area contributed by atoms with Crippen LogP contribution >= 0.6 is 22.7 Å². The Hall–Kier alpha value is -1.50. The van der Waals surface area contributed by atoms with Crippen molar-refractivity contribution in [1.29, 1.82) is 0 Å². The molecule has 2 aromatic rings. The average molecular weight is 308 g/mol. The Morgan fingerprint density at radius 1 is 1.50 bits per heavy atom. The fourth-order valence-corrected chi connectivity index (χ4v) is 3.08. The van der Waals surface area contributed by atoms with Gasteiger partial charge < -0.3 is 10.1 Å². The van der Waals surface area contributed by atoms with Crippen molar-refractivity contribution in [2.75, 3.05) is 19.8 Å². The van der Waals surface area contributed by atoms with Crippen molar-refractivity contribution in [3.63, 3.8) is 0 Å². The molecule has 0 fully saturated rings. The van der Waals surface area contributed by atoms with Gasteiger partial charge in [-0.1, -0.05) is 18.2 Å². The van der Waals surface area contributed by atoms with Crippen LogP contribution in [0.4, 0.5) is 0 Å². The molecule has 2 aromatic heterocycles. The van der Waals surface area contributed by atoms with E-state index in [0.717, 1.165) is 15.5 Å². The van der Waals surface area contributed by atoms with Gasteiger partial charge in [0.05, 0.1) is 18.1 Å². The summed E-state index contributed by atoms with van der Waals surface area (Å²) in [5.41, 5.74) is 1.43. The number of hydrogen-bond donors (Lipinski definition) is 1. The number of hydrogen-bond acceptors (Lipinski definition) is 5. The first-order valence-corrected chi connectivity index (χ1v) is 7.92. The molecule has 0 aliphatic carbocycles. The monoisotopic (exact) mass is 308 g/mol. The minimum Gasteiger partial charge on any atom is -0.375 e. The molecule has 6 heteroatoms. The van der Waals surface area contributed by atoms with Gasteiger partial charge in [0.15, 0.2) is 0 Å². The Morgan fingerprint density at radius 2 is 2.35 bits per heavy atom. The summed E-state index contributed by atoms with van der Waals surface area (Å²) in [4.78, 5) is 17.3. The second kappa shape index (κ2) is 7.33. The third-order valence-electron chi connectivity index (χ3n) is 2.35. The van der Waals surface area contributed by atoms with Crippen molar-refractivity contribution in [2.24, 2.45) is 0 Å². The van der Waals surface area contributed by atoms with Gasteiger partial charge >= 0.3 is 0 Å². The second-order valence-corrected chi connectivity index (χ2v) is 6.09. The lowest BCUT2D eigenvalue weighted by atomic mass is 10.4. The van der Waals surface area contributed by atoms with Crippen molar-refractivity contribution in [3.05, 3.63) is 40.7 Å². The van der Waals surface area contributed by atoms with Crippen LogP contribution in [-0.2, 0) is 4.74 Å². The maximum absolute atomic E-state index is 11.9. The molecule has 0 saturated carbocycles. The number of rotatable bonds is 7. The van der Waals surface area contributed by atoms with Crippen LogP contribution in [0.3, 0.4) is 0 Å². The fourth-order valence-electron chi connectivity index (χ4n) is 1.47. The SMILES string of the molecule is C=C(C)COCCNC(=O)c1csc(-c2cccs2)n1. The van der Waals surface area contributed by atoms with Gasteiger partial charge in [0.25, 0.3) is 5.91 Å². The first-order valence-electron chi connectivity index (χ1n) is 6.16. The van der Waals surface area contributed by atoms with E-state index in [1.165, 1.54) is 11.3 Å². The number of carbonyl (C=O) groups is 1. The van der Waals surface area contributed by atoms with Crippen LogP contribution in [0.15, 0.2) is 35.0 Å². The van der Waals surface area contributed by atoms with Gasteiger partial charge in [-0.15, -0.1) is 22.7 Å². The zero-order chi connectivity index (χ0) is 14.4. The number of aromatic nitrogens is 1. The van der Waals surface area contributed by atoms with Crippen LogP contribution in [0.1, 0.15) is 17.4 Å². The molecule has 106 valence electrons. The average Bonchev–Trinajstić information content (AvgIpc) is 3.08. The van der Waals surface area contributed by atoms with Crippen LogP contribution in [0.5, 0.6) is 0 Å². The van der Waals surface area contributed by atoms with E-state index in [1.807, 2.05) is 24.4 Å². The number of thiazole rings is 1. The predicted octanol–water partition coefficient (Wildman–Crippen LogP) is 3.19. The molecule has 4 nitrogen and oxygen atoms in total. The van der Waals surface area contributed by atoms with Gasteiger partial charge in [0, 0.05) is 11.9 Å². The van der Waals surface area contributed by atoms with E-state index < -0.39 is 0 Å². The van der Waals surface area contributed by atoms with Gasteiger partial charge in [-0.2, -0.15) is 0 Å². The molecule has 0 saturated heterocycles. The molecule has 2 rings (SSSR count). The lowest BCUT2D eigenvalue weighted by molar-refractivity contribution is 0.0922. The Balaban J connectivity index is 1.80. The van der Waals surface area contributed by atoms with E-state index in [0.29, 0.717) is 25.5 Å². The lowest BCUT2D eigenvalue weighted by Crippen LogP contribution is -2.27.